The standard InChI is InChI=1S/C22H29N3O5S/c1-14(2)30-22(27)19-16(4)20(23-17(19)5)21(26)24-10-12-25(13-11-24)31(28,29)18-8-6-15(3)7-9-18/h6-9,14,23H,10-13H2,1-5H3. The molecule has 0 aliphatic carbocycles. The molecule has 9 heteroatoms. The van der Waals surface area contributed by atoms with Gasteiger partial charge in [0.15, 0.2) is 0 Å². The van der Waals surface area contributed by atoms with E-state index in [1.165, 1.54) is 4.31 Å². The van der Waals surface area contributed by atoms with E-state index in [2.05, 4.69) is 4.98 Å². The summed E-state index contributed by atoms with van der Waals surface area (Å²) in [5, 5.41) is 0. The van der Waals surface area contributed by atoms with Crippen LogP contribution in [0.5, 0.6) is 0 Å². The molecule has 0 radical (unpaired) electrons. The van der Waals surface area contributed by atoms with Crippen molar-refractivity contribution in [2.24, 2.45) is 0 Å². The maximum Gasteiger partial charge on any atom is 0.340 e. The van der Waals surface area contributed by atoms with Crippen LogP contribution in [0, 0.1) is 20.8 Å². The van der Waals surface area contributed by atoms with Gasteiger partial charge >= 0.3 is 5.97 Å². The molecule has 1 aromatic heterocycles. The number of piperazine rings is 1. The van der Waals surface area contributed by atoms with Gasteiger partial charge in [0.2, 0.25) is 10.0 Å². The van der Waals surface area contributed by atoms with Crippen molar-refractivity contribution in [2.75, 3.05) is 26.2 Å². The van der Waals surface area contributed by atoms with Gasteiger partial charge in [-0.2, -0.15) is 4.31 Å². The maximum atomic E-state index is 13.1. The van der Waals surface area contributed by atoms with Gasteiger partial charge in [-0.1, -0.05) is 17.7 Å². The Hall–Kier alpha value is -2.65. The van der Waals surface area contributed by atoms with Crippen LogP contribution in [0.2, 0.25) is 0 Å². The summed E-state index contributed by atoms with van der Waals surface area (Å²) >= 11 is 0. The summed E-state index contributed by atoms with van der Waals surface area (Å²) in [5.74, 6) is -0.717. The lowest BCUT2D eigenvalue weighted by Crippen LogP contribution is -2.50. The molecule has 3 rings (SSSR count). The third kappa shape index (κ3) is 4.67. The van der Waals surface area contributed by atoms with E-state index < -0.39 is 16.0 Å². The Morgan fingerprint density at radius 3 is 2.13 bits per heavy atom. The second kappa shape index (κ2) is 8.84. The predicted octanol–water partition coefficient (Wildman–Crippen LogP) is 2.65. The lowest BCUT2D eigenvalue weighted by molar-refractivity contribution is 0.0376. The largest absolute Gasteiger partial charge is 0.459 e. The van der Waals surface area contributed by atoms with Crippen LogP contribution in [0.1, 0.15) is 51.5 Å². The predicted molar refractivity (Wildman–Crippen MR) is 117 cm³/mol. The number of hydrogen-bond acceptors (Lipinski definition) is 5. The van der Waals surface area contributed by atoms with E-state index in [0.29, 0.717) is 22.5 Å². The first-order chi connectivity index (χ1) is 14.5. The second-order valence-electron chi connectivity index (χ2n) is 8.09. The van der Waals surface area contributed by atoms with E-state index in [9.17, 15) is 18.0 Å². The molecule has 2 heterocycles. The van der Waals surface area contributed by atoms with Crippen molar-refractivity contribution in [3.63, 3.8) is 0 Å². The Morgan fingerprint density at radius 1 is 1.00 bits per heavy atom. The summed E-state index contributed by atoms with van der Waals surface area (Å²) in [6.07, 6.45) is -0.260. The highest BCUT2D eigenvalue weighted by atomic mass is 32.2. The fourth-order valence-corrected chi connectivity index (χ4v) is 5.11. The zero-order valence-corrected chi connectivity index (χ0v) is 19.4. The number of esters is 1. The Morgan fingerprint density at radius 2 is 1.58 bits per heavy atom. The molecule has 168 valence electrons. The minimum Gasteiger partial charge on any atom is -0.459 e. The highest BCUT2D eigenvalue weighted by Crippen LogP contribution is 2.23. The summed E-state index contributed by atoms with van der Waals surface area (Å²) in [7, 11) is -3.60. The van der Waals surface area contributed by atoms with Crippen LogP contribution in [0.4, 0.5) is 0 Å². The van der Waals surface area contributed by atoms with Gasteiger partial charge in [-0.25, -0.2) is 13.2 Å². The van der Waals surface area contributed by atoms with Crippen molar-refractivity contribution in [3.05, 3.63) is 52.3 Å². The van der Waals surface area contributed by atoms with Gasteiger partial charge in [-0.15, -0.1) is 0 Å². The van der Waals surface area contributed by atoms with Crippen LogP contribution in [0.15, 0.2) is 29.2 Å². The normalized spacial score (nSPS) is 15.4. The minimum atomic E-state index is -3.60. The molecule has 1 aromatic carbocycles. The molecular formula is C22H29N3O5S. The molecule has 1 N–H and O–H groups in total. The van der Waals surface area contributed by atoms with Gasteiger partial charge in [-0.05, 0) is 52.3 Å². The fourth-order valence-electron chi connectivity index (χ4n) is 3.69. The Labute approximate surface area is 183 Å². The molecule has 1 fully saturated rings. The molecule has 1 aliphatic rings. The molecule has 1 aliphatic heterocycles. The third-order valence-electron chi connectivity index (χ3n) is 5.38. The van der Waals surface area contributed by atoms with Crippen molar-refractivity contribution in [1.29, 1.82) is 0 Å². The van der Waals surface area contributed by atoms with E-state index in [-0.39, 0.29) is 43.1 Å². The number of H-pyrrole nitrogens is 1. The summed E-state index contributed by atoms with van der Waals surface area (Å²) in [4.78, 5) is 30.3. The number of nitrogens with one attached hydrogen (secondary N) is 1. The van der Waals surface area contributed by atoms with E-state index in [1.54, 1.807) is 56.9 Å². The molecule has 0 bridgehead atoms. The van der Waals surface area contributed by atoms with Gasteiger partial charge in [0.25, 0.3) is 5.91 Å². The summed E-state index contributed by atoms with van der Waals surface area (Å²) < 4.78 is 32.4. The lowest BCUT2D eigenvalue weighted by atomic mass is 10.1. The molecule has 0 spiro atoms. The molecule has 0 atom stereocenters. The zero-order chi connectivity index (χ0) is 22.9. The van der Waals surface area contributed by atoms with Crippen molar-refractivity contribution < 1.29 is 22.7 Å². The summed E-state index contributed by atoms with van der Waals surface area (Å²) in [6, 6.07) is 6.74. The Balaban J connectivity index is 1.72. The van der Waals surface area contributed by atoms with Crippen molar-refractivity contribution >= 4 is 21.9 Å². The van der Waals surface area contributed by atoms with E-state index in [4.69, 9.17) is 4.74 Å². The maximum absolute atomic E-state index is 13.1. The molecule has 1 saturated heterocycles. The molecule has 31 heavy (non-hydrogen) atoms. The van der Waals surface area contributed by atoms with Crippen molar-refractivity contribution in [2.45, 2.75) is 45.6 Å². The molecular weight excluding hydrogens is 418 g/mol. The zero-order valence-electron chi connectivity index (χ0n) is 18.6. The van der Waals surface area contributed by atoms with E-state index >= 15 is 0 Å². The van der Waals surface area contributed by atoms with Gasteiger partial charge in [-0.3, -0.25) is 4.79 Å². The average Bonchev–Trinajstić information content (AvgIpc) is 3.01. The second-order valence-corrected chi connectivity index (χ2v) is 10.0. The number of aryl methyl sites for hydroxylation is 2. The highest BCUT2D eigenvalue weighted by Gasteiger charge is 2.32. The number of sulfonamides is 1. The average molecular weight is 448 g/mol. The fraction of sp³-hybridized carbons (Fsp3) is 0.455. The Bertz CT molecular complexity index is 1080. The summed E-state index contributed by atoms with van der Waals surface area (Å²) in [5.41, 5.74) is 2.82. The third-order valence-corrected chi connectivity index (χ3v) is 7.30. The molecule has 0 unspecified atom stereocenters. The van der Waals surface area contributed by atoms with Crippen LogP contribution in [-0.4, -0.2) is 66.8 Å². The molecule has 1 amide bonds. The highest BCUT2D eigenvalue weighted by molar-refractivity contribution is 7.89. The monoisotopic (exact) mass is 447 g/mol. The number of rotatable bonds is 5. The summed E-state index contributed by atoms with van der Waals surface area (Å²) in [6.45, 7) is 9.85. The first kappa shape index (κ1) is 23.0. The molecule has 8 nitrogen and oxygen atoms in total. The van der Waals surface area contributed by atoms with Crippen molar-refractivity contribution in [1.82, 2.24) is 14.2 Å². The number of carbonyl (C=O) groups is 2. The number of amides is 1. The van der Waals surface area contributed by atoms with Crippen molar-refractivity contribution in [3.8, 4) is 0 Å². The number of aromatic amines is 1. The number of carbonyl (C=O) groups excluding carboxylic acids is 2. The first-order valence-corrected chi connectivity index (χ1v) is 11.7. The lowest BCUT2D eigenvalue weighted by Gasteiger charge is -2.34. The molecule has 0 saturated carbocycles. The van der Waals surface area contributed by atoms with Crippen LogP contribution < -0.4 is 0 Å². The quantitative estimate of drug-likeness (QED) is 0.711. The van der Waals surface area contributed by atoms with Crippen LogP contribution in [-0.2, 0) is 14.8 Å². The minimum absolute atomic E-state index is 0.211. The number of nitrogens with zero attached hydrogens (tertiary/aromatic N) is 2. The van der Waals surface area contributed by atoms with E-state index in [0.717, 1.165) is 5.56 Å². The van der Waals surface area contributed by atoms with Gasteiger partial charge < -0.3 is 14.6 Å². The topological polar surface area (TPSA) is 99.8 Å². The molecule has 2 aromatic rings. The number of benzene rings is 1. The number of hydrogen-bond donors (Lipinski definition) is 1. The smallest absolute Gasteiger partial charge is 0.340 e. The SMILES string of the molecule is Cc1ccc(S(=O)(=O)N2CCN(C(=O)c3[nH]c(C)c(C(=O)OC(C)C)c3C)CC2)cc1. The van der Waals surface area contributed by atoms with Crippen LogP contribution in [0.25, 0.3) is 0 Å². The van der Waals surface area contributed by atoms with Gasteiger partial charge in [0.1, 0.15) is 5.69 Å². The van der Waals surface area contributed by atoms with Gasteiger partial charge in [0.05, 0.1) is 16.6 Å². The van der Waals surface area contributed by atoms with Crippen LogP contribution >= 0.6 is 0 Å². The first-order valence-electron chi connectivity index (χ1n) is 10.3. The van der Waals surface area contributed by atoms with Crippen LogP contribution in [0.3, 0.4) is 0 Å². The van der Waals surface area contributed by atoms with Gasteiger partial charge in [0, 0.05) is 31.9 Å². The number of ether oxygens (including phenoxy) is 1. The number of aromatic nitrogens is 1. The van der Waals surface area contributed by atoms with E-state index in [1.807, 2.05) is 6.92 Å². The Kier molecular flexibility index (Phi) is 6.56.